The van der Waals surface area contributed by atoms with Gasteiger partial charge in [0, 0.05) is 38.9 Å². The highest BCUT2D eigenvalue weighted by molar-refractivity contribution is 5.85. The van der Waals surface area contributed by atoms with E-state index in [0.29, 0.717) is 19.4 Å². The highest BCUT2D eigenvalue weighted by Crippen LogP contribution is 2.39. The smallest absolute Gasteiger partial charge is 0.251 e. The molecule has 0 saturated carbocycles. The number of likely N-dealkylation sites (tertiary alicyclic amines) is 2. The molecule has 2 amide bonds. The van der Waals surface area contributed by atoms with Crippen LogP contribution in [0, 0.1) is 12.8 Å². The maximum atomic E-state index is 13.4. The molecule has 4 nitrogen and oxygen atoms in total. The molecule has 2 aliphatic heterocycles. The van der Waals surface area contributed by atoms with Crippen LogP contribution in [0.3, 0.4) is 0 Å². The van der Waals surface area contributed by atoms with Gasteiger partial charge < -0.3 is 9.80 Å². The van der Waals surface area contributed by atoms with Crippen LogP contribution in [-0.4, -0.2) is 47.2 Å². The third kappa shape index (κ3) is 3.74. The first kappa shape index (κ1) is 18.8. The van der Waals surface area contributed by atoms with Crippen molar-refractivity contribution >= 4 is 11.8 Å². The largest absolute Gasteiger partial charge is 0.342 e. The minimum Gasteiger partial charge on any atom is -0.342 e. The Morgan fingerprint density at radius 1 is 1.19 bits per heavy atom. The van der Waals surface area contributed by atoms with Crippen molar-refractivity contribution in [2.45, 2.75) is 51.5 Å². The van der Waals surface area contributed by atoms with Crippen LogP contribution in [0.25, 0.3) is 0 Å². The maximum absolute atomic E-state index is 13.4. The summed E-state index contributed by atoms with van der Waals surface area (Å²) in [7, 11) is 0. The van der Waals surface area contributed by atoms with Crippen molar-refractivity contribution in [2.75, 3.05) is 19.6 Å². The van der Waals surface area contributed by atoms with E-state index < -0.39 is 5.92 Å². The zero-order valence-electron chi connectivity index (χ0n) is 15.4. The number of halogens is 2. The fourth-order valence-electron chi connectivity index (χ4n) is 4.05. The molecule has 2 saturated heterocycles. The number of hydrogen-bond acceptors (Lipinski definition) is 2. The summed E-state index contributed by atoms with van der Waals surface area (Å²) in [5.74, 6) is -3.10. The Morgan fingerprint density at radius 3 is 2.38 bits per heavy atom. The minimum atomic E-state index is -2.68. The van der Waals surface area contributed by atoms with Gasteiger partial charge in [0.15, 0.2) is 0 Å². The molecule has 142 valence electrons. The lowest BCUT2D eigenvalue weighted by Gasteiger charge is -2.43. The van der Waals surface area contributed by atoms with E-state index in [1.807, 2.05) is 38.1 Å². The van der Waals surface area contributed by atoms with Crippen LogP contribution >= 0.6 is 0 Å². The number of nitrogens with zero attached hydrogens (tertiary/aromatic N) is 2. The topological polar surface area (TPSA) is 40.6 Å². The van der Waals surface area contributed by atoms with Gasteiger partial charge in [-0.05, 0) is 25.8 Å². The molecule has 0 radical (unpaired) electrons. The van der Waals surface area contributed by atoms with Crippen molar-refractivity contribution < 1.29 is 18.4 Å². The number of amides is 2. The molecule has 2 fully saturated rings. The third-order valence-corrected chi connectivity index (χ3v) is 5.59. The van der Waals surface area contributed by atoms with Gasteiger partial charge in [0.25, 0.3) is 5.92 Å². The SMILES string of the molecule is CCN1C(=O)CC[C@@H](C(=O)N2CCC(F)(F)CC2)[C@@H]1c1ccc(C)cc1. The molecule has 0 aliphatic carbocycles. The number of alkyl halides is 2. The minimum absolute atomic E-state index is 0.0484. The van der Waals surface area contributed by atoms with E-state index >= 15 is 0 Å². The fourth-order valence-corrected chi connectivity index (χ4v) is 4.05. The van der Waals surface area contributed by atoms with E-state index in [1.165, 1.54) is 0 Å². The van der Waals surface area contributed by atoms with Gasteiger partial charge in [-0.2, -0.15) is 0 Å². The predicted molar refractivity (Wildman–Crippen MR) is 94.8 cm³/mol. The standard InChI is InChI=1S/C20H26F2N2O2/c1-3-24-17(25)9-8-16(18(24)15-6-4-14(2)5-7-15)19(26)23-12-10-20(21,22)11-13-23/h4-7,16,18H,3,8-13H2,1-2H3/t16-,18+/m1/s1. The summed E-state index contributed by atoms with van der Waals surface area (Å²) in [5, 5.41) is 0. The van der Waals surface area contributed by atoms with Crippen molar-refractivity contribution in [1.29, 1.82) is 0 Å². The van der Waals surface area contributed by atoms with Crippen LogP contribution in [0.2, 0.25) is 0 Å². The molecular formula is C20H26F2N2O2. The van der Waals surface area contributed by atoms with E-state index in [9.17, 15) is 18.4 Å². The maximum Gasteiger partial charge on any atom is 0.251 e. The van der Waals surface area contributed by atoms with Crippen molar-refractivity contribution in [3.63, 3.8) is 0 Å². The molecule has 1 aromatic rings. The van der Waals surface area contributed by atoms with Gasteiger partial charge in [-0.25, -0.2) is 8.78 Å². The van der Waals surface area contributed by atoms with Crippen LogP contribution in [0.15, 0.2) is 24.3 Å². The first-order valence-corrected chi connectivity index (χ1v) is 9.35. The van der Waals surface area contributed by atoms with Gasteiger partial charge in [0.2, 0.25) is 11.8 Å². The van der Waals surface area contributed by atoms with E-state index in [0.717, 1.165) is 11.1 Å². The molecule has 0 aromatic heterocycles. The molecule has 0 spiro atoms. The second-order valence-corrected chi connectivity index (χ2v) is 7.36. The summed E-state index contributed by atoms with van der Waals surface area (Å²) < 4.78 is 26.9. The Bertz CT molecular complexity index is 665. The number of rotatable bonds is 3. The van der Waals surface area contributed by atoms with Crippen molar-refractivity contribution in [3.05, 3.63) is 35.4 Å². The molecule has 6 heteroatoms. The zero-order valence-corrected chi connectivity index (χ0v) is 15.4. The molecule has 26 heavy (non-hydrogen) atoms. The average molecular weight is 364 g/mol. The Morgan fingerprint density at radius 2 is 1.81 bits per heavy atom. The number of piperidine rings is 2. The monoisotopic (exact) mass is 364 g/mol. The zero-order chi connectivity index (χ0) is 18.9. The van der Waals surface area contributed by atoms with Crippen LogP contribution in [-0.2, 0) is 9.59 Å². The number of hydrogen-bond donors (Lipinski definition) is 0. The van der Waals surface area contributed by atoms with E-state index in [4.69, 9.17) is 0 Å². The summed E-state index contributed by atoms with van der Waals surface area (Å²) in [6.07, 6.45) is 0.240. The number of aryl methyl sites for hydroxylation is 1. The molecule has 0 unspecified atom stereocenters. The second kappa shape index (κ2) is 7.33. The van der Waals surface area contributed by atoms with E-state index in [1.54, 1.807) is 9.80 Å². The highest BCUT2D eigenvalue weighted by Gasteiger charge is 2.43. The Hall–Kier alpha value is -1.98. The van der Waals surface area contributed by atoms with Gasteiger partial charge in [0.05, 0.1) is 12.0 Å². The van der Waals surface area contributed by atoms with Gasteiger partial charge in [0.1, 0.15) is 0 Å². The normalized spacial score (nSPS) is 26.1. The third-order valence-electron chi connectivity index (χ3n) is 5.59. The van der Waals surface area contributed by atoms with Gasteiger partial charge in [-0.1, -0.05) is 29.8 Å². The van der Waals surface area contributed by atoms with Crippen LogP contribution in [0.1, 0.15) is 49.8 Å². The summed E-state index contributed by atoms with van der Waals surface area (Å²) in [6.45, 7) is 4.60. The molecule has 2 aliphatic rings. The Kier molecular flexibility index (Phi) is 5.30. The van der Waals surface area contributed by atoms with Crippen LogP contribution in [0.4, 0.5) is 8.78 Å². The summed E-state index contributed by atoms with van der Waals surface area (Å²) in [4.78, 5) is 28.9. The van der Waals surface area contributed by atoms with Crippen molar-refractivity contribution in [1.82, 2.24) is 9.80 Å². The summed E-state index contributed by atoms with van der Waals surface area (Å²) in [6, 6.07) is 7.56. The lowest BCUT2D eigenvalue weighted by molar-refractivity contribution is -0.151. The first-order valence-electron chi connectivity index (χ1n) is 9.35. The Balaban J connectivity index is 1.86. The molecule has 2 heterocycles. The molecule has 0 N–H and O–H groups in total. The molecule has 2 atom stereocenters. The highest BCUT2D eigenvalue weighted by atomic mass is 19.3. The van der Waals surface area contributed by atoms with Gasteiger partial charge in [-0.3, -0.25) is 9.59 Å². The van der Waals surface area contributed by atoms with Gasteiger partial charge >= 0.3 is 0 Å². The number of benzene rings is 1. The van der Waals surface area contributed by atoms with Crippen LogP contribution < -0.4 is 0 Å². The van der Waals surface area contributed by atoms with Gasteiger partial charge in [-0.15, -0.1) is 0 Å². The Labute approximate surface area is 153 Å². The van der Waals surface area contributed by atoms with E-state index in [2.05, 4.69) is 0 Å². The van der Waals surface area contributed by atoms with Crippen LogP contribution in [0.5, 0.6) is 0 Å². The summed E-state index contributed by atoms with van der Waals surface area (Å²) >= 11 is 0. The van der Waals surface area contributed by atoms with E-state index in [-0.39, 0.29) is 49.7 Å². The molecule has 3 rings (SSSR count). The molecular weight excluding hydrogens is 338 g/mol. The van der Waals surface area contributed by atoms with Crippen molar-refractivity contribution in [3.8, 4) is 0 Å². The second-order valence-electron chi connectivity index (χ2n) is 7.36. The van der Waals surface area contributed by atoms with Crippen molar-refractivity contribution in [2.24, 2.45) is 5.92 Å². The molecule has 0 bridgehead atoms. The lowest BCUT2D eigenvalue weighted by atomic mass is 9.82. The quantitative estimate of drug-likeness (QED) is 0.823. The lowest BCUT2D eigenvalue weighted by Crippen LogP contribution is -2.51. The summed E-state index contributed by atoms with van der Waals surface area (Å²) in [5.41, 5.74) is 2.05. The number of carbonyl (C=O) groups excluding carboxylic acids is 2. The predicted octanol–water partition coefficient (Wildman–Crippen LogP) is 3.55. The fraction of sp³-hybridized carbons (Fsp3) is 0.600. The molecule has 1 aromatic carbocycles. The first-order chi connectivity index (χ1) is 12.3. The number of carbonyl (C=O) groups is 2. The average Bonchev–Trinajstić information content (AvgIpc) is 2.61.